The standard InChI is InChI=1S/C35H49ClO14/c1-15(2)13-23(40)49-25-28(45-19(7)37)33(10)22(48-31(41)16(3)4)12-11-17(5)24(36)27-35(43,18(6)32(42)50-27)30(47-21(9)39)26(33)34(14-44-34)29(25)46-20(8)38/h15-16,18,22,24-30,43H,5,11-14H2,1-4,6-10H3/t18-,22-,24-,25+,26+,27-,28-,29+,30-,33+,34-,35-/m0/s1. The van der Waals surface area contributed by atoms with Gasteiger partial charge in [-0.3, -0.25) is 28.8 Å². The van der Waals surface area contributed by atoms with Crippen LogP contribution in [0, 0.1) is 29.1 Å². The smallest absolute Gasteiger partial charge is 0.312 e. The number of carbonyl (C=O) groups excluding carboxylic acids is 6. The van der Waals surface area contributed by atoms with Gasteiger partial charge in [-0.05, 0) is 25.7 Å². The largest absolute Gasteiger partial charge is 0.461 e. The zero-order valence-corrected chi connectivity index (χ0v) is 30.8. The van der Waals surface area contributed by atoms with E-state index < -0.39 is 112 Å². The van der Waals surface area contributed by atoms with Crippen LogP contribution in [0.1, 0.15) is 81.6 Å². The fourth-order valence-corrected chi connectivity index (χ4v) is 8.31. The van der Waals surface area contributed by atoms with Gasteiger partial charge in [-0.25, -0.2) is 0 Å². The van der Waals surface area contributed by atoms with Crippen molar-refractivity contribution in [1.29, 1.82) is 0 Å². The Morgan fingerprint density at radius 1 is 0.940 bits per heavy atom. The van der Waals surface area contributed by atoms with Crippen molar-refractivity contribution in [2.45, 2.75) is 135 Å². The van der Waals surface area contributed by atoms with Gasteiger partial charge in [0.05, 0.1) is 29.2 Å². The molecule has 14 nitrogen and oxygen atoms in total. The number of carbonyl (C=O) groups is 6. The zero-order chi connectivity index (χ0) is 37.7. The second-order valence-corrected chi connectivity index (χ2v) is 15.3. The predicted octanol–water partition coefficient (Wildman–Crippen LogP) is 2.96. The Balaban J connectivity index is 2.14. The summed E-state index contributed by atoms with van der Waals surface area (Å²) in [5.74, 6) is -8.25. The van der Waals surface area contributed by atoms with Crippen LogP contribution < -0.4 is 0 Å². The van der Waals surface area contributed by atoms with Gasteiger partial charge >= 0.3 is 35.8 Å². The second-order valence-electron chi connectivity index (χ2n) is 14.9. The van der Waals surface area contributed by atoms with Gasteiger partial charge in [-0.2, -0.15) is 0 Å². The molecule has 0 unspecified atom stereocenters. The highest BCUT2D eigenvalue weighted by molar-refractivity contribution is 6.23. The van der Waals surface area contributed by atoms with E-state index in [0.717, 1.165) is 20.8 Å². The first kappa shape index (κ1) is 39.6. The van der Waals surface area contributed by atoms with E-state index in [1.165, 1.54) is 6.92 Å². The molecule has 1 N–H and O–H groups in total. The molecule has 0 aromatic heterocycles. The summed E-state index contributed by atoms with van der Waals surface area (Å²) in [7, 11) is 0. The number of ether oxygens (including phenoxy) is 7. The van der Waals surface area contributed by atoms with E-state index in [1.807, 2.05) is 0 Å². The number of aliphatic hydroxyl groups is 1. The summed E-state index contributed by atoms with van der Waals surface area (Å²) in [6, 6.07) is 0. The predicted molar refractivity (Wildman–Crippen MR) is 173 cm³/mol. The first-order chi connectivity index (χ1) is 23.1. The summed E-state index contributed by atoms with van der Waals surface area (Å²) in [5.41, 5.74) is -5.57. The molecule has 2 saturated heterocycles. The number of hydrogen-bond donors (Lipinski definition) is 1. The van der Waals surface area contributed by atoms with Crippen molar-refractivity contribution in [1.82, 2.24) is 0 Å². The average molecular weight is 729 g/mol. The molecule has 4 aliphatic rings. The third-order valence-corrected chi connectivity index (χ3v) is 10.9. The van der Waals surface area contributed by atoms with Crippen LogP contribution in [-0.4, -0.2) is 101 Å². The summed E-state index contributed by atoms with van der Waals surface area (Å²) >= 11 is 6.90. The van der Waals surface area contributed by atoms with Gasteiger partial charge in [0.15, 0.2) is 30.0 Å². The lowest BCUT2D eigenvalue weighted by Gasteiger charge is -2.60. The molecule has 1 spiro atoms. The molecule has 0 radical (unpaired) electrons. The van der Waals surface area contributed by atoms with Crippen LogP contribution in [0.25, 0.3) is 0 Å². The molecule has 12 atom stereocenters. The van der Waals surface area contributed by atoms with Crippen LogP contribution >= 0.6 is 11.6 Å². The molecule has 4 fully saturated rings. The zero-order valence-electron chi connectivity index (χ0n) is 30.0. The maximum absolute atomic E-state index is 13.5. The fraction of sp³-hybridized carbons (Fsp3) is 0.771. The lowest BCUT2D eigenvalue weighted by atomic mass is 9.51. The van der Waals surface area contributed by atoms with Crippen LogP contribution in [0.15, 0.2) is 12.2 Å². The number of esters is 6. The van der Waals surface area contributed by atoms with E-state index >= 15 is 0 Å². The molecule has 280 valence electrons. The minimum atomic E-state index is -2.39. The molecular formula is C35H49ClO14. The minimum absolute atomic E-state index is 0.00626. The Bertz CT molecular complexity index is 1410. The van der Waals surface area contributed by atoms with E-state index in [1.54, 1.807) is 34.6 Å². The topological polar surface area (TPSA) is 191 Å². The summed E-state index contributed by atoms with van der Waals surface area (Å²) in [6.45, 7) is 17.0. The van der Waals surface area contributed by atoms with Crippen molar-refractivity contribution in [3.8, 4) is 0 Å². The molecular weight excluding hydrogens is 680 g/mol. The molecule has 0 amide bonds. The van der Waals surface area contributed by atoms with Gasteiger partial charge in [0.2, 0.25) is 0 Å². The molecule has 2 aliphatic carbocycles. The quantitative estimate of drug-likeness (QED) is 0.126. The minimum Gasteiger partial charge on any atom is -0.461 e. The SMILES string of the molecule is C=C1CC[C@H](OC(=O)C(C)C)[C@@]2(C)[C@@H](OC(C)=O)[C@@H](OC(=O)CC(C)C)[C@@H](OC(C)=O)[C@]3(CO3)[C@@H]2[C@H](OC(C)=O)[C@]2(O)[C@@H](C)C(=O)O[C@H]2[C@H]1Cl. The summed E-state index contributed by atoms with van der Waals surface area (Å²) in [5, 5.41) is 11.7. The first-order valence-corrected chi connectivity index (χ1v) is 17.4. The molecule has 0 bridgehead atoms. The maximum atomic E-state index is 13.5. The van der Waals surface area contributed by atoms with Crippen molar-refractivity contribution >= 4 is 47.4 Å². The molecule has 0 aromatic carbocycles. The molecule has 2 saturated carbocycles. The molecule has 2 aliphatic heterocycles. The van der Waals surface area contributed by atoms with E-state index in [0.29, 0.717) is 5.57 Å². The molecule has 0 aromatic rings. The third-order valence-electron chi connectivity index (χ3n) is 10.4. The third kappa shape index (κ3) is 6.99. The molecule has 4 rings (SSSR count). The number of epoxide rings is 1. The number of alkyl halides is 1. The number of rotatable bonds is 8. The van der Waals surface area contributed by atoms with E-state index in [2.05, 4.69) is 6.58 Å². The highest BCUT2D eigenvalue weighted by Gasteiger charge is 2.81. The molecule has 50 heavy (non-hydrogen) atoms. The normalized spacial score (nSPS) is 39.5. The summed E-state index contributed by atoms with van der Waals surface area (Å²) in [6.07, 6.45) is -9.12. The van der Waals surface area contributed by atoms with Crippen molar-refractivity contribution in [2.24, 2.45) is 29.1 Å². The van der Waals surface area contributed by atoms with Gasteiger partial charge in [0, 0.05) is 33.1 Å². The van der Waals surface area contributed by atoms with Crippen LogP contribution in [0.5, 0.6) is 0 Å². The van der Waals surface area contributed by atoms with Crippen molar-refractivity contribution in [3.05, 3.63) is 12.2 Å². The summed E-state index contributed by atoms with van der Waals surface area (Å²) < 4.78 is 42.0. The second kappa shape index (κ2) is 14.4. The Hall–Kier alpha value is -3.23. The van der Waals surface area contributed by atoms with Crippen LogP contribution in [0.4, 0.5) is 0 Å². The van der Waals surface area contributed by atoms with E-state index in [-0.39, 0.29) is 31.8 Å². The number of halogens is 1. The fourth-order valence-electron chi connectivity index (χ4n) is 7.95. The summed E-state index contributed by atoms with van der Waals surface area (Å²) in [4.78, 5) is 79.0. The first-order valence-electron chi connectivity index (χ1n) is 16.9. The van der Waals surface area contributed by atoms with E-state index in [4.69, 9.17) is 44.8 Å². The Morgan fingerprint density at radius 2 is 1.48 bits per heavy atom. The molecule has 2 heterocycles. The van der Waals surface area contributed by atoms with Crippen LogP contribution in [-0.2, 0) is 61.9 Å². The van der Waals surface area contributed by atoms with Gasteiger partial charge in [0.1, 0.15) is 17.8 Å². The Labute approximate surface area is 296 Å². The van der Waals surface area contributed by atoms with Crippen molar-refractivity contribution in [3.63, 3.8) is 0 Å². The van der Waals surface area contributed by atoms with E-state index in [9.17, 15) is 33.9 Å². The van der Waals surface area contributed by atoms with Gasteiger partial charge < -0.3 is 38.3 Å². The Kier molecular flexibility index (Phi) is 11.4. The number of hydrogen-bond acceptors (Lipinski definition) is 14. The highest BCUT2D eigenvalue weighted by atomic mass is 35.5. The number of fused-ring (bicyclic) bond motifs is 3. The van der Waals surface area contributed by atoms with Crippen molar-refractivity contribution < 1.29 is 67.0 Å². The monoisotopic (exact) mass is 728 g/mol. The highest BCUT2D eigenvalue weighted by Crippen LogP contribution is 2.64. The van der Waals surface area contributed by atoms with Gasteiger partial charge in [-0.1, -0.05) is 46.8 Å². The van der Waals surface area contributed by atoms with Crippen LogP contribution in [0.3, 0.4) is 0 Å². The lowest BCUT2D eigenvalue weighted by Crippen LogP contribution is -2.76. The molecule has 15 heteroatoms. The van der Waals surface area contributed by atoms with Crippen molar-refractivity contribution in [2.75, 3.05) is 6.61 Å². The van der Waals surface area contributed by atoms with Gasteiger partial charge in [-0.15, -0.1) is 11.6 Å². The average Bonchev–Trinajstić information content (AvgIpc) is 3.75. The van der Waals surface area contributed by atoms with Gasteiger partial charge in [0.25, 0.3) is 0 Å². The lowest BCUT2D eigenvalue weighted by molar-refractivity contribution is -0.286. The van der Waals surface area contributed by atoms with Crippen LogP contribution in [0.2, 0.25) is 0 Å². The Morgan fingerprint density at radius 3 is 1.98 bits per heavy atom. The maximum Gasteiger partial charge on any atom is 0.312 e.